The van der Waals surface area contributed by atoms with Crippen molar-refractivity contribution in [2.75, 3.05) is 7.11 Å². The minimum absolute atomic E-state index is 0.224. The number of carbonyl (C=O) groups is 1. The number of methoxy groups -OCH3 is 1. The Kier molecular flexibility index (Phi) is 3.42. The molecule has 0 saturated carbocycles. The predicted molar refractivity (Wildman–Crippen MR) is 50.4 cm³/mol. The quantitative estimate of drug-likeness (QED) is 0.766. The van der Waals surface area contributed by atoms with Gasteiger partial charge in [-0.2, -0.15) is 0 Å². The van der Waals surface area contributed by atoms with Gasteiger partial charge in [-0.1, -0.05) is 0 Å². The number of benzene rings is 1. The third-order valence-corrected chi connectivity index (χ3v) is 2.23. The molecule has 1 rings (SSSR count). The van der Waals surface area contributed by atoms with E-state index in [0.717, 1.165) is 6.29 Å². The lowest BCUT2D eigenvalue weighted by Crippen LogP contribution is -1.94. The first-order chi connectivity index (χ1) is 6.19. The Morgan fingerprint density at radius 1 is 1.62 bits per heavy atom. The van der Waals surface area contributed by atoms with E-state index in [0.29, 0.717) is 15.8 Å². The van der Waals surface area contributed by atoms with Crippen LogP contribution in [0.2, 0.25) is 0 Å². The summed E-state index contributed by atoms with van der Waals surface area (Å²) in [5, 5.41) is 0. The van der Waals surface area contributed by atoms with Crippen molar-refractivity contribution in [3.63, 3.8) is 0 Å². The first-order valence-corrected chi connectivity index (χ1v) is 4.44. The summed E-state index contributed by atoms with van der Waals surface area (Å²) in [4.78, 5) is 10.3. The molecule has 0 aliphatic heterocycles. The van der Waals surface area contributed by atoms with Crippen LogP contribution >= 0.6 is 15.9 Å². The van der Waals surface area contributed by atoms with Gasteiger partial charge < -0.3 is 9.53 Å². The zero-order valence-corrected chi connectivity index (χ0v) is 8.60. The highest BCUT2D eigenvalue weighted by Crippen LogP contribution is 2.26. The first-order valence-electron chi connectivity index (χ1n) is 3.64. The van der Waals surface area contributed by atoms with Gasteiger partial charge >= 0.3 is 0 Å². The van der Waals surface area contributed by atoms with Crippen LogP contribution in [0, 0.1) is 5.82 Å². The minimum atomic E-state index is -0.397. The molecule has 0 amide bonds. The molecule has 13 heavy (non-hydrogen) atoms. The zero-order chi connectivity index (χ0) is 9.84. The maximum absolute atomic E-state index is 13.0. The molecule has 0 spiro atoms. The predicted octanol–water partition coefficient (Wildman–Crippen LogP) is 2.34. The van der Waals surface area contributed by atoms with Gasteiger partial charge in [0.1, 0.15) is 17.9 Å². The van der Waals surface area contributed by atoms with E-state index in [9.17, 15) is 9.18 Å². The molecule has 1 aromatic rings. The lowest BCUT2D eigenvalue weighted by atomic mass is 10.1. The molecule has 2 nitrogen and oxygen atoms in total. The van der Waals surface area contributed by atoms with Crippen LogP contribution in [0.5, 0.6) is 5.75 Å². The van der Waals surface area contributed by atoms with Crippen LogP contribution in [0.3, 0.4) is 0 Å². The van der Waals surface area contributed by atoms with Crippen molar-refractivity contribution in [2.24, 2.45) is 0 Å². The fourth-order valence-corrected chi connectivity index (χ4v) is 1.40. The van der Waals surface area contributed by atoms with Crippen LogP contribution < -0.4 is 4.74 Å². The average Bonchev–Trinajstić information content (AvgIpc) is 2.11. The largest absolute Gasteiger partial charge is 0.496 e. The Labute approximate surface area is 83.8 Å². The van der Waals surface area contributed by atoms with Gasteiger partial charge in [0.15, 0.2) is 0 Å². The van der Waals surface area contributed by atoms with Crippen LogP contribution in [0.15, 0.2) is 16.6 Å². The van der Waals surface area contributed by atoms with Crippen LogP contribution in [0.1, 0.15) is 5.56 Å². The van der Waals surface area contributed by atoms with Gasteiger partial charge in [0.05, 0.1) is 11.6 Å². The molecule has 70 valence electrons. The van der Waals surface area contributed by atoms with Crippen molar-refractivity contribution in [1.82, 2.24) is 0 Å². The summed E-state index contributed by atoms with van der Waals surface area (Å²) in [5.74, 6) is -0.000649. The topological polar surface area (TPSA) is 26.3 Å². The minimum Gasteiger partial charge on any atom is -0.496 e. The van der Waals surface area contributed by atoms with Crippen LogP contribution in [-0.4, -0.2) is 13.4 Å². The molecule has 0 bridgehead atoms. The molecule has 0 saturated heterocycles. The van der Waals surface area contributed by atoms with E-state index in [-0.39, 0.29) is 6.42 Å². The summed E-state index contributed by atoms with van der Waals surface area (Å²) >= 11 is 3.03. The Morgan fingerprint density at radius 3 is 2.85 bits per heavy atom. The Bertz CT molecular complexity index is 326. The molecule has 0 unspecified atom stereocenters. The number of rotatable bonds is 3. The molecule has 0 aliphatic carbocycles. The smallest absolute Gasteiger partial charge is 0.141 e. The van der Waals surface area contributed by atoms with E-state index in [1.54, 1.807) is 6.07 Å². The Hall–Kier alpha value is -0.900. The van der Waals surface area contributed by atoms with Crippen molar-refractivity contribution < 1.29 is 13.9 Å². The summed E-state index contributed by atoms with van der Waals surface area (Å²) in [6, 6.07) is 2.80. The Morgan fingerprint density at radius 2 is 2.31 bits per heavy atom. The van der Waals surface area contributed by atoms with E-state index >= 15 is 0 Å². The molecule has 0 atom stereocenters. The SMILES string of the molecule is COc1cc(F)c(Br)cc1CC=O. The number of halogens is 2. The molecule has 0 aliphatic rings. The third kappa shape index (κ3) is 2.28. The number of ether oxygens (including phenoxy) is 1. The third-order valence-electron chi connectivity index (χ3n) is 1.63. The van der Waals surface area contributed by atoms with Gasteiger partial charge in [0, 0.05) is 18.1 Å². The number of carbonyl (C=O) groups excluding carboxylic acids is 1. The molecule has 0 radical (unpaired) electrons. The van der Waals surface area contributed by atoms with Crippen LogP contribution in [0.4, 0.5) is 4.39 Å². The molecular weight excluding hydrogens is 239 g/mol. The van der Waals surface area contributed by atoms with E-state index in [1.165, 1.54) is 13.2 Å². The fraction of sp³-hybridized carbons (Fsp3) is 0.222. The molecular formula is C9H8BrFO2. The molecule has 0 aromatic heterocycles. The second kappa shape index (κ2) is 4.37. The normalized spacial score (nSPS) is 9.77. The van der Waals surface area contributed by atoms with Crippen molar-refractivity contribution in [2.45, 2.75) is 6.42 Å². The maximum atomic E-state index is 13.0. The number of aldehydes is 1. The van der Waals surface area contributed by atoms with Gasteiger partial charge in [-0.15, -0.1) is 0 Å². The van der Waals surface area contributed by atoms with E-state index in [2.05, 4.69) is 15.9 Å². The standard InChI is InChI=1S/C9H8BrFO2/c1-13-9-5-8(11)7(10)4-6(9)2-3-12/h3-5H,2H2,1H3. The fourth-order valence-electron chi connectivity index (χ4n) is 1.01. The summed E-state index contributed by atoms with van der Waals surface area (Å²) < 4.78 is 18.2. The van der Waals surface area contributed by atoms with Crippen molar-refractivity contribution >= 4 is 22.2 Å². The highest BCUT2D eigenvalue weighted by molar-refractivity contribution is 9.10. The molecule has 4 heteroatoms. The summed E-state index contributed by atoms with van der Waals surface area (Å²) in [6.07, 6.45) is 0.976. The Balaban J connectivity index is 3.15. The second-order valence-corrected chi connectivity index (χ2v) is 3.30. The molecule has 1 aromatic carbocycles. The van der Waals surface area contributed by atoms with Gasteiger partial charge in [-0.3, -0.25) is 0 Å². The van der Waals surface area contributed by atoms with Crippen LogP contribution in [0.25, 0.3) is 0 Å². The summed E-state index contributed by atoms with van der Waals surface area (Å²) in [7, 11) is 1.44. The van der Waals surface area contributed by atoms with Crippen LogP contribution in [-0.2, 0) is 11.2 Å². The average molecular weight is 247 g/mol. The van der Waals surface area contributed by atoms with E-state index in [1.807, 2.05) is 0 Å². The monoisotopic (exact) mass is 246 g/mol. The van der Waals surface area contributed by atoms with Gasteiger partial charge in [0.2, 0.25) is 0 Å². The van der Waals surface area contributed by atoms with E-state index < -0.39 is 5.82 Å². The lowest BCUT2D eigenvalue weighted by Gasteiger charge is -2.06. The molecule has 0 heterocycles. The van der Waals surface area contributed by atoms with Crippen molar-refractivity contribution in [3.8, 4) is 5.75 Å². The first kappa shape index (κ1) is 10.2. The van der Waals surface area contributed by atoms with Crippen molar-refractivity contribution in [1.29, 1.82) is 0 Å². The number of hydrogen-bond acceptors (Lipinski definition) is 2. The van der Waals surface area contributed by atoms with Gasteiger partial charge in [0.25, 0.3) is 0 Å². The lowest BCUT2D eigenvalue weighted by molar-refractivity contribution is -0.107. The molecule has 0 N–H and O–H groups in total. The highest BCUT2D eigenvalue weighted by Gasteiger charge is 2.07. The van der Waals surface area contributed by atoms with Gasteiger partial charge in [-0.05, 0) is 22.0 Å². The van der Waals surface area contributed by atoms with E-state index in [4.69, 9.17) is 4.74 Å². The second-order valence-electron chi connectivity index (χ2n) is 2.45. The van der Waals surface area contributed by atoms with Gasteiger partial charge in [-0.25, -0.2) is 4.39 Å². The maximum Gasteiger partial charge on any atom is 0.141 e. The zero-order valence-electron chi connectivity index (χ0n) is 7.01. The van der Waals surface area contributed by atoms with Crippen molar-refractivity contribution in [3.05, 3.63) is 28.0 Å². The number of hydrogen-bond donors (Lipinski definition) is 0. The summed E-state index contributed by atoms with van der Waals surface area (Å²) in [5.41, 5.74) is 0.672. The summed E-state index contributed by atoms with van der Waals surface area (Å²) in [6.45, 7) is 0. The molecule has 0 fully saturated rings. The highest BCUT2D eigenvalue weighted by atomic mass is 79.9.